The van der Waals surface area contributed by atoms with Gasteiger partial charge in [-0.05, 0) is 0 Å². The number of hydrogen-bond acceptors (Lipinski definition) is 5. The molecule has 0 aromatic heterocycles. The van der Waals surface area contributed by atoms with E-state index < -0.39 is 30.3 Å². The summed E-state index contributed by atoms with van der Waals surface area (Å²) in [6.45, 7) is -0.255. The maximum Gasteiger partial charge on any atom is 0.326 e. The Bertz CT molecular complexity index is 385. The lowest BCUT2D eigenvalue weighted by atomic mass is 10.2. The van der Waals surface area contributed by atoms with E-state index in [1.165, 1.54) is 16.7 Å². The molecule has 0 saturated carbocycles. The molecule has 1 aliphatic heterocycles. The molecule has 2 amide bonds. The van der Waals surface area contributed by atoms with Crippen LogP contribution in [0.1, 0.15) is 6.42 Å². The summed E-state index contributed by atoms with van der Waals surface area (Å²) in [5.74, 6) is -2.95. The van der Waals surface area contributed by atoms with E-state index in [1.807, 2.05) is 0 Å². The predicted molar refractivity (Wildman–Crippen MR) is 60.9 cm³/mol. The van der Waals surface area contributed by atoms with Crippen molar-refractivity contribution in [2.75, 3.05) is 18.2 Å². The maximum absolute atomic E-state index is 11.5. The molecule has 0 bridgehead atoms. The molecule has 18 heavy (non-hydrogen) atoms. The summed E-state index contributed by atoms with van der Waals surface area (Å²) in [6.07, 6.45) is -0.705. The van der Waals surface area contributed by atoms with Crippen molar-refractivity contribution in [1.82, 2.24) is 10.2 Å². The average Bonchev–Trinajstić information content (AvgIpc) is 2.62. The first kappa shape index (κ1) is 14.3. The third-order valence-electron chi connectivity index (χ3n) is 2.17. The Labute approximate surface area is 106 Å². The van der Waals surface area contributed by atoms with E-state index >= 15 is 0 Å². The van der Waals surface area contributed by atoms with Crippen LogP contribution in [-0.4, -0.2) is 63.1 Å². The lowest BCUT2D eigenvalue weighted by Gasteiger charge is -2.17. The van der Waals surface area contributed by atoms with Crippen LogP contribution in [0.2, 0.25) is 0 Å². The Morgan fingerprint density at radius 2 is 2.06 bits per heavy atom. The van der Waals surface area contributed by atoms with Crippen molar-refractivity contribution in [2.45, 2.75) is 12.5 Å². The number of carboxylic acids is 2. The molecule has 0 spiro atoms. The van der Waals surface area contributed by atoms with E-state index in [4.69, 9.17) is 10.2 Å². The van der Waals surface area contributed by atoms with Gasteiger partial charge in [0.2, 0.25) is 11.8 Å². The molecule has 9 heteroatoms. The number of aliphatic carboxylic acids is 2. The fraction of sp³-hybridized carbons (Fsp3) is 0.556. The van der Waals surface area contributed by atoms with Gasteiger partial charge in [0.25, 0.3) is 0 Å². The highest BCUT2D eigenvalue weighted by molar-refractivity contribution is 8.00. The molecule has 0 radical (unpaired) electrons. The summed E-state index contributed by atoms with van der Waals surface area (Å²) in [5, 5.41) is 19.3. The van der Waals surface area contributed by atoms with Crippen molar-refractivity contribution >= 4 is 35.5 Å². The summed E-state index contributed by atoms with van der Waals surface area (Å²) >= 11 is 1.35. The second kappa shape index (κ2) is 6.24. The lowest BCUT2D eigenvalue weighted by Crippen LogP contribution is -2.46. The molecule has 0 unspecified atom stereocenters. The van der Waals surface area contributed by atoms with Gasteiger partial charge in [-0.25, -0.2) is 4.79 Å². The smallest absolute Gasteiger partial charge is 0.326 e. The first-order chi connectivity index (χ1) is 8.40. The zero-order chi connectivity index (χ0) is 13.7. The van der Waals surface area contributed by atoms with Gasteiger partial charge in [-0.1, -0.05) is 0 Å². The van der Waals surface area contributed by atoms with E-state index in [1.54, 1.807) is 0 Å². The van der Waals surface area contributed by atoms with Crippen LogP contribution < -0.4 is 5.32 Å². The zero-order valence-electron chi connectivity index (χ0n) is 9.29. The van der Waals surface area contributed by atoms with E-state index in [2.05, 4.69) is 5.32 Å². The molecule has 0 aliphatic carbocycles. The first-order valence-electron chi connectivity index (χ1n) is 4.99. The zero-order valence-corrected chi connectivity index (χ0v) is 10.1. The van der Waals surface area contributed by atoms with Crippen LogP contribution in [0, 0.1) is 0 Å². The van der Waals surface area contributed by atoms with Crippen molar-refractivity contribution < 1.29 is 29.4 Å². The van der Waals surface area contributed by atoms with E-state index in [0.717, 1.165) is 0 Å². The molecule has 1 fully saturated rings. The molecule has 1 aliphatic rings. The Kier molecular flexibility index (Phi) is 4.95. The minimum Gasteiger partial charge on any atom is -0.481 e. The van der Waals surface area contributed by atoms with Crippen LogP contribution in [0.3, 0.4) is 0 Å². The number of carbonyl (C=O) groups excluding carboxylic acids is 2. The van der Waals surface area contributed by atoms with Crippen LogP contribution in [-0.2, 0) is 19.2 Å². The molecule has 1 saturated heterocycles. The normalized spacial score (nSPS) is 16.4. The number of nitrogens with one attached hydrogen (secondary N) is 1. The Hall–Kier alpha value is -1.77. The fourth-order valence-corrected chi connectivity index (χ4v) is 2.23. The fourth-order valence-electron chi connectivity index (χ4n) is 1.33. The van der Waals surface area contributed by atoms with Crippen LogP contribution in [0.25, 0.3) is 0 Å². The molecule has 0 aromatic carbocycles. The van der Waals surface area contributed by atoms with Gasteiger partial charge in [0.1, 0.15) is 12.6 Å². The molecule has 1 rings (SSSR count). The minimum atomic E-state index is -1.49. The summed E-state index contributed by atoms with van der Waals surface area (Å²) < 4.78 is 0. The number of thioether (sulfide) groups is 1. The lowest BCUT2D eigenvalue weighted by molar-refractivity contribution is -0.147. The Morgan fingerprint density at radius 3 is 2.50 bits per heavy atom. The molecule has 100 valence electrons. The summed E-state index contributed by atoms with van der Waals surface area (Å²) in [4.78, 5) is 45.1. The van der Waals surface area contributed by atoms with Crippen molar-refractivity contribution in [2.24, 2.45) is 0 Å². The number of carboxylic acid groups (broad SMARTS) is 2. The second-order valence-corrected chi connectivity index (χ2v) is 4.58. The van der Waals surface area contributed by atoms with Gasteiger partial charge in [0.05, 0.1) is 18.1 Å². The van der Waals surface area contributed by atoms with E-state index in [-0.39, 0.29) is 12.5 Å². The summed E-state index contributed by atoms with van der Waals surface area (Å²) in [7, 11) is 0. The van der Waals surface area contributed by atoms with Crippen molar-refractivity contribution in [3.63, 3.8) is 0 Å². The largest absolute Gasteiger partial charge is 0.481 e. The Morgan fingerprint density at radius 1 is 1.39 bits per heavy atom. The van der Waals surface area contributed by atoms with Gasteiger partial charge in [-0.2, -0.15) is 0 Å². The van der Waals surface area contributed by atoms with E-state index in [9.17, 15) is 19.2 Å². The van der Waals surface area contributed by atoms with Gasteiger partial charge < -0.3 is 20.4 Å². The van der Waals surface area contributed by atoms with Crippen molar-refractivity contribution in [1.29, 1.82) is 0 Å². The third-order valence-corrected chi connectivity index (χ3v) is 3.12. The second-order valence-electron chi connectivity index (χ2n) is 3.63. The van der Waals surface area contributed by atoms with Gasteiger partial charge >= 0.3 is 11.9 Å². The quantitative estimate of drug-likeness (QED) is 0.543. The summed E-state index contributed by atoms with van der Waals surface area (Å²) in [5.41, 5.74) is 0. The van der Waals surface area contributed by atoms with Gasteiger partial charge in [-0.15, -0.1) is 11.8 Å². The molecule has 8 nitrogen and oxygen atoms in total. The predicted octanol–water partition coefficient (Wildman–Crippen LogP) is -1.44. The Balaban J connectivity index is 2.48. The maximum atomic E-state index is 11.5. The molecule has 1 atom stereocenters. The van der Waals surface area contributed by atoms with Crippen molar-refractivity contribution in [3.05, 3.63) is 0 Å². The number of carbonyl (C=O) groups is 4. The highest BCUT2D eigenvalue weighted by Crippen LogP contribution is 2.13. The molecule has 0 aromatic rings. The number of hydrogen-bond donors (Lipinski definition) is 3. The van der Waals surface area contributed by atoms with Crippen LogP contribution in [0.5, 0.6) is 0 Å². The van der Waals surface area contributed by atoms with Crippen LogP contribution in [0.15, 0.2) is 0 Å². The van der Waals surface area contributed by atoms with Crippen LogP contribution >= 0.6 is 11.8 Å². The number of nitrogens with zero attached hydrogens (tertiary/aromatic N) is 1. The minimum absolute atomic E-state index is 0.194. The monoisotopic (exact) mass is 276 g/mol. The average molecular weight is 276 g/mol. The molecule has 3 N–H and O–H groups in total. The SMILES string of the molecule is O=C(O)C[C@@H](NC(=O)CN1CSCC1=O)C(=O)O. The number of rotatable bonds is 6. The third kappa shape index (κ3) is 4.24. The first-order valence-corrected chi connectivity index (χ1v) is 6.15. The molecule has 1 heterocycles. The molecular weight excluding hydrogens is 264 g/mol. The highest BCUT2D eigenvalue weighted by Gasteiger charge is 2.27. The van der Waals surface area contributed by atoms with Gasteiger partial charge in [0, 0.05) is 0 Å². The van der Waals surface area contributed by atoms with Crippen molar-refractivity contribution in [3.8, 4) is 0 Å². The van der Waals surface area contributed by atoms with Gasteiger partial charge in [0.15, 0.2) is 0 Å². The topological polar surface area (TPSA) is 124 Å². The van der Waals surface area contributed by atoms with E-state index in [0.29, 0.717) is 11.6 Å². The standard InChI is InChI=1S/C9H12N2O6S/c12-6(2-11-4-18-3-7(11)13)10-5(9(16)17)1-8(14)15/h5H,1-4H2,(H,10,12)(H,14,15)(H,16,17)/t5-/m1/s1. The van der Waals surface area contributed by atoms with Crippen LogP contribution in [0.4, 0.5) is 0 Å². The molecular formula is C9H12N2O6S. The highest BCUT2D eigenvalue weighted by atomic mass is 32.2. The number of amides is 2. The van der Waals surface area contributed by atoms with Gasteiger partial charge in [-0.3, -0.25) is 14.4 Å². The summed E-state index contributed by atoms with van der Waals surface area (Å²) in [6, 6.07) is -1.49.